The molecule has 0 aliphatic carbocycles. The number of carbonyl (C=O) groups is 1. The highest BCUT2D eigenvalue weighted by molar-refractivity contribution is 5.77. The molecule has 0 aromatic heterocycles. The average Bonchev–Trinajstić information content (AvgIpc) is 2.90. The number of alkyl halides is 33. The van der Waals surface area contributed by atoms with E-state index < -0.39 is 101 Å². The smallest absolute Gasteiger partial charge is 0.460 e. The molecule has 53 heavy (non-hydrogen) atoms. The molecule has 0 atom stereocenters. The Balaban J connectivity index is 7.42. The van der Waals surface area contributed by atoms with Crippen LogP contribution in [0.4, 0.5) is 145 Å². The van der Waals surface area contributed by atoms with Crippen LogP contribution in [0, 0.1) is 0 Å². The molecule has 0 heterocycles. The summed E-state index contributed by atoms with van der Waals surface area (Å²) in [6, 6.07) is 0. The molecule has 318 valence electrons. The third-order valence-corrected chi connectivity index (χ3v) is 5.95. The van der Waals surface area contributed by atoms with Crippen LogP contribution in [0.1, 0.15) is 0 Å². The number of hydrogen-bond donors (Lipinski definition) is 1. The molecule has 1 N–H and O–H groups in total. The number of ether oxygens (including phenoxy) is 1. The maximum Gasteiger partial charge on any atom is 0.460 e. The minimum Gasteiger partial charge on any atom is -0.477 e. The first-order valence-electron chi connectivity index (χ1n) is 10.8. The Kier molecular flexibility index (Phi) is 11.4. The first-order chi connectivity index (χ1) is 22.2. The normalized spacial score (nSPS) is 17.0. The Morgan fingerprint density at radius 1 is 0.283 bits per heavy atom. The number of carboxylic acids is 1. The fraction of sp³-hybridized carbons (Fsp3) is 0.941. The lowest BCUT2D eigenvalue weighted by atomic mass is 9.88. The van der Waals surface area contributed by atoms with Crippen molar-refractivity contribution >= 4 is 5.97 Å². The minimum absolute atomic E-state index is 0.457. The maximum atomic E-state index is 13.7. The van der Waals surface area contributed by atoms with E-state index in [9.17, 15) is 150 Å². The van der Waals surface area contributed by atoms with E-state index in [1.165, 1.54) is 0 Å². The van der Waals surface area contributed by atoms with Crippen molar-refractivity contribution < 1.29 is 160 Å². The molecular formula is C17HF33O3. The van der Waals surface area contributed by atoms with E-state index in [0.29, 0.717) is 4.74 Å². The first kappa shape index (κ1) is 50.1. The Labute approximate surface area is 262 Å². The molecule has 3 nitrogen and oxygen atoms in total. The first-order valence-corrected chi connectivity index (χ1v) is 10.8. The van der Waals surface area contributed by atoms with Crippen molar-refractivity contribution in [1.29, 1.82) is 0 Å². The average molecular weight is 880 g/mol. The molecule has 0 rings (SSSR count). The molecule has 0 aromatic rings. The zero-order valence-electron chi connectivity index (χ0n) is 22.2. The van der Waals surface area contributed by atoms with Crippen LogP contribution in [-0.4, -0.2) is 106 Å². The predicted octanol–water partition coefficient (Wildman–Crippen LogP) is 10.1. The molecular weight excluding hydrogens is 879 g/mol. The van der Waals surface area contributed by atoms with E-state index >= 15 is 0 Å². The summed E-state index contributed by atoms with van der Waals surface area (Å²) in [5.41, 5.74) is 0. The van der Waals surface area contributed by atoms with Crippen LogP contribution in [0.25, 0.3) is 0 Å². The lowest BCUT2D eigenvalue weighted by Crippen LogP contribution is -2.76. The van der Waals surface area contributed by atoms with Gasteiger partial charge in [-0.05, 0) is 0 Å². The van der Waals surface area contributed by atoms with Gasteiger partial charge in [-0.2, -0.15) is 145 Å². The second kappa shape index (κ2) is 12.1. The standard InChI is InChI=1S/C17HF33O3/c18-2(19,1(51)52)3(20,21)4(22,23)5(24,25)7(28,29)10(34,35)13(40,41)16(47,48)53-17(49,50)14(42,43)11(36,37)8(30,31)6(26,27)9(32,33)12(38,39)15(44,45)46/h(H,51,52). The van der Waals surface area contributed by atoms with Crippen LogP contribution in [0.2, 0.25) is 0 Å². The van der Waals surface area contributed by atoms with Crippen LogP contribution in [0.15, 0.2) is 0 Å². The number of hydrogen-bond acceptors (Lipinski definition) is 2. The fourth-order valence-corrected chi connectivity index (χ4v) is 2.74. The van der Waals surface area contributed by atoms with Crippen LogP contribution < -0.4 is 0 Å². The Bertz CT molecular complexity index is 1370. The SMILES string of the molecule is O=C(O)C(F)(F)C(F)(F)C(F)(F)C(F)(F)C(F)(F)C(F)(F)C(F)(F)C(F)(F)OC(F)(F)C(F)(F)C(F)(F)C(F)(F)C(F)(F)C(F)(F)C(F)(F)C(F)(F)F. The molecule has 0 amide bonds. The van der Waals surface area contributed by atoms with E-state index in [2.05, 4.69) is 0 Å². The summed E-state index contributed by atoms with van der Waals surface area (Å²) in [7, 11) is 0. The molecule has 0 unspecified atom stereocenters. The summed E-state index contributed by atoms with van der Waals surface area (Å²) < 4.78 is 438. The van der Waals surface area contributed by atoms with Gasteiger partial charge in [-0.25, -0.2) is 9.53 Å². The van der Waals surface area contributed by atoms with Gasteiger partial charge in [0.2, 0.25) is 0 Å². The zero-order valence-corrected chi connectivity index (χ0v) is 22.2. The number of halogens is 33. The second-order valence-corrected chi connectivity index (χ2v) is 9.41. The fourth-order valence-electron chi connectivity index (χ4n) is 2.74. The molecule has 0 radical (unpaired) electrons. The van der Waals surface area contributed by atoms with Crippen molar-refractivity contribution in [1.82, 2.24) is 0 Å². The molecule has 0 spiro atoms. The topological polar surface area (TPSA) is 46.5 Å². The van der Waals surface area contributed by atoms with Gasteiger partial charge >= 0.3 is 101 Å². The van der Waals surface area contributed by atoms with Crippen LogP contribution in [0.3, 0.4) is 0 Å². The number of rotatable bonds is 16. The Hall–Kier alpha value is -2.88. The van der Waals surface area contributed by atoms with E-state index in [-0.39, 0.29) is 0 Å². The summed E-state index contributed by atoms with van der Waals surface area (Å²) in [4.78, 5) is 9.94. The summed E-state index contributed by atoms with van der Waals surface area (Å²) in [6.45, 7) is 0. The maximum absolute atomic E-state index is 13.7. The molecule has 0 aromatic carbocycles. The Morgan fingerprint density at radius 2 is 0.453 bits per heavy atom. The van der Waals surface area contributed by atoms with Crippen molar-refractivity contribution in [3.05, 3.63) is 0 Å². The van der Waals surface area contributed by atoms with Gasteiger partial charge in [0, 0.05) is 0 Å². The second-order valence-electron chi connectivity index (χ2n) is 9.41. The van der Waals surface area contributed by atoms with E-state index in [1.54, 1.807) is 0 Å². The monoisotopic (exact) mass is 880 g/mol. The number of carboxylic acid groups (broad SMARTS) is 1. The van der Waals surface area contributed by atoms with Crippen molar-refractivity contribution in [3.63, 3.8) is 0 Å². The summed E-state index contributed by atoms with van der Waals surface area (Å²) >= 11 is 0. The van der Waals surface area contributed by atoms with Gasteiger partial charge in [0.1, 0.15) is 0 Å². The predicted molar refractivity (Wildman–Crippen MR) is 89.0 cm³/mol. The van der Waals surface area contributed by atoms with Crippen molar-refractivity contribution in [3.8, 4) is 0 Å². The van der Waals surface area contributed by atoms with Gasteiger partial charge in [0.25, 0.3) is 0 Å². The van der Waals surface area contributed by atoms with Gasteiger partial charge in [0.05, 0.1) is 0 Å². The van der Waals surface area contributed by atoms with Crippen LogP contribution >= 0.6 is 0 Å². The minimum atomic E-state index is -9.80. The van der Waals surface area contributed by atoms with E-state index in [1.807, 2.05) is 0 Å². The van der Waals surface area contributed by atoms with Crippen molar-refractivity contribution in [2.75, 3.05) is 0 Å². The van der Waals surface area contributed by atoms with E-state index in [0.717, 1.165) is 0 Å². The zero-order chi connectivity index (χ0) is 44.3. The van der Waals surface area contributed by atoms with Gasteiger partial charge in [-0.1, -0.05) is 0 Å². The molecule has 36 heteroatoms. The van der Waals surface area contributed by atoms with E-state index in [4.69, 9.17) is 5.11 Å². The largest absolute Gasteiger partial charge is 0.477 e. The summed E-state index contributed by atoms with van der Waals surface area (Å²) in [6.07, 6.45) is -27.2. The third kappa shape index (κ3) is 5.97. The highest BCUT2D eigenvalue weighted by atomic mass is 19.4. The molecule has 0 aliphatic rings. The summed E-state index contributed by atoms with van der Waals surface area (Å²) in [5, 5.41) is 7.67. The van der Waals surface area contributed by atoms with Crippen molar-refractivity contribution in [2.24, 2.45) is 0 Å². The third-order valence-electron chi connectivity index (χ3n) is 5.95. The number of aliphatic carboxylic acids is 1. The molecule has 0 saturated heterocycles. The van der Waals surface area contributed by atoms with Crippen LogP contribution in [-0.2, 0) is 9.53 Å². The summed E-state index contributed by atoms with van der Waals surface area (Å²) in [5.74, 6) is -127. The van der Waals surface area contributed by atoms with Gasteiger partial charge in [0.15, 0.2) is 0 Å². The van der Waals surface area contributed by atoms with Crippen LogP contribution in [0.5, 0.6) is 0 Å². The molecule has 0 saturated carbocycles. The molecule has 0 fully saturated rings. The quantitative estimate of drug-likeness (QED) is 0.157. The van der Waals surface area contributed by atoms with Gasteiger partial charge in [-0.15, -0.1) is 0 Å². The highest BCUT2D eigenvalue weighted by Gasteiger charge is 2.98. The molecule has 0 aliphatic heterocycles. The van der Waals surface area contributed by atoms with Crippen molar-refractivity contribution in [2.45, 2.75) is 95.4 Å². The Morgan fingerprint density at radius 3 is 0.642 bits per heavy atom. The lowest BCUT2D eigenvalue weighted by Gasteiger charge is -2.44. The highest BCUT2D eigenvalue weighted by Crippen LogP contribution is 2.67. The van der Waals surface area contributed by atoms with Gasteiger partial charge < -0.3 is 5.11 Å². The lowest BCUT2D eigenvalue weighted by molar-refractivity contribution is -0.529. The van der Waals surface area contributed by atoms with Gasteiger partial charge in [-0.3, -0.25) is 0 Å². The molecule has 0 bridgehead atoms.